The minimum atomic E-state index is -5.07. The van der Waals surface area contributed by atoms with Crippen LogP contribution in [0.2, 0.25) is 0 Å². The first-order valence-corrected chi connectivity index (χ1v) is 8.49. The van der Waals surface area contributed by atoms with Gasteiger partial charge in [0.05, 0.1) is 12.9 Å². The first kappa shape index (κ1) is 19.6. The van der Waals surface area contributed by atoms with Gasteiger partial charge in [0.25, 0.3) is 0 Å². The monoisotopic (exact) mass is 361 g/mol. The number of alkyl halides is 3. The maximum absolute atomic E-state index is 12.1. The number of nitrogens with one attached hydrogen (secondary N) is 1. The number of hydroxylamine groups is 2. The van der Waals surface area contributed by atoms with Crippen LogP contribution in [0.15, 0.2) is 0 Å². The van der Waals surface area contributed by atoms with Gasteiger partial charge in [-0.05, 0) is 12.8 Å². The number of amides is 1. The molecule has 1 N–H and O–H groups in total. The Morgan fingerprint density at radius 3 is 2.26 bits per heavy atom. The number of hydrogen-bond donors (Lipinski definition) is 1. The number of rotatable bonds is 5. The Kier molecular flexibility index (Phi) is 6.36. The van der Waals surface area contributed by atoms with Crippen molar-refractivity contribution >= 4 is 21.9 Å². The summed E-state index contributed by atoms with van der Waals surface area (Å²) in [6.07, 6.45) is -3.68. The highest BCUT2D eigenvalue weighted by Crippen LogP contribution is 2.21. The lowest BCUT2D eigenvalue weighted by Gasteiger charge is -2.30. The predicted molar refractivity (Wildman–Crippen MR) is 72.1 cm³/mol. The molecule has 0 aromatic rings. The van der Waals surface area contributed by atoms with Crippen molar-refractivity contribution in [3.63, 3.8) is 0 Å². The number of hydrogen-bond acceptors (Lipinski definition) is 6. The Hall–Kier alpha value is -1.40. The van der Waals surface area contributed by atoms with Gasteiger partial charge in [0.15, 0.2) is 0 Å². The van der Waals surface area contributed by atoms with E-state index in [9.17, 15) is 31.2 Å². The Labute approximate surface area is 131 Å². The molecule has 0 saturated carbocycles. The van der Waals surface area contributed by atoms with Crippen LogP contribution in [0, 0.1) is 5.92 Å². The fourth-order valence-electron chi connectivity index (χ4n) is 1.83. The smallest absolute Gasteiger partial charge is 0.361 e. The predicted octanol–water partition coefficient (Wildman–Crippen LogP) is -0.316. The van der Waals surface area contributed by atoms with Crippen LogP contribution in [0.4, 0.5) is 13.2 Å². The molecular weight excluding hydrogens is 343 g/mol. The molecule has 1 aliphatic heterocycles. The first-order valence-electron chi connectivity index (χ1n) is 6.64. The second kappa shape index (κ2) is 7.45. The highest BCUT2D eigenvalue weighted by molar-refractivity contribution is 7.88. The van der Waals surface area contributed by atoms with Gasteiger partial charge in [0, 0.05) is 26.1 Å². The molecule has 1 amide bonds. The van der Waals surface area contributed by atoms with Crippen molar-refractivity contribution in [2.75, 3.05) is 33.1 Å². The van der Waals surface area contributed by atoms with Crippen molar-refractivity contribution in [1.82, 2.24) is 14.7 Å². The summed E-state index contributed by atoms with van der Waals surface area (Å²) >= 11 is 0. The lowest BCUT2D eigenvalue weighted by Crippen LogP contribution is -2.45. The number of carbonyl (C=O) groups excluding carboxylic acids is 2. The van der Waals surface area contributed by atoms with Crippen molar-refractivity contribution in [1.29, 1.82) is 0 Å². The van der Waals surface area contributed by atoms with Gasteiger partial charge in [-0.15, -0.1) is 5.06 Å². The number of carbonyl (C=O) groups is 2. The number of sulfonamides is 1. The van der Waals surface area contributed by atoms with E-state index in [4.69, 9.17) is 0 Å². The van der Waals surface area contributed by atoms with E-state index in [1.165, 1.54) is 7.05 Å². The molecule has 0 unspecified atom stereocenters. The summed E-state index contributed by atoms with van der Waals surface area (Å²) in [5, 5.41) is 3.30. The molecule has 0 bridgehead atoms. The fourth-order valence-corrected chi connectivity index (χ4v) is 2.13. The van der Waals surface area contributed by atoms with Gasteiger partial charge in [0.2, 0.25) is 15.9 Å². The molecule has 0 spiro atoms. The van der Waals surface area contributed by atoms with E-state index >= 15 is 0 Å². The van der Waals surface area contributed by atoms with E-state index < -0.39 is 34.0 Å². The lowest BCUT2D eigenvalue weighted by atomic mass is 9.97. The van der Waals surface area contributed by atoms with Gasteiger partial charge >= 0.3 is 12.1 Å². The molecule has 0 radical (unpaired) electrons. The maximum atomic E-state index is 12.1. The Bertz CT molecular complexity index is 544. The number of nitrogens with zero attached hydrogens (tertiary/aromatic N) is 2. The lowest BCUT2D eigenvalue weighted by molar-refractivity contribution is -0.242. The second-order valence-corrected chi connectivity index (χ2v) is 7.23. The van der Waals surface area contributed by atoms with Crippen LogP contribution < -0.4 is 5.32 Å². The van der Waals surface area contributed by atoms with Gasteiger partial charge < -0.3 is 10.2 Å². The highest BCUT2D eigenvalue weighted by atomic mass is 32.2. The molecular formula is C11H18F3N3O5S. The van der Waals surface area contributed by atoms with Crippen LogP contribution in [-0.2, 0) is 24.4 Å². The molecule has 0 atom stereocenters. The van der Waals surface area contributed by atoms with E-state index in [2.05, 4.69) is 10.2 Å². The molecule has 8 nitrogen and oxygen atoms in total. The highest BCUT2D eigenvalue weighted by Gasteiger charge is 2.43. The maximum Gasteiger partial charge on any atom is 0.492 e. The third kappa shape index (κ3) is 6.31. The van der Waals surface area contributed by atoms with Crippen molar-refractivity contribution in [3.8, 4) is 0 Å². The average molecular weight is 361 g/mol. The van der Waals surface area contributed by atoms with Crippen molar-refractivity contribution in [3.05, 3.63) is 0 Å². The summed E-state index contributed by atoms with van der Waals surface area (Å²) in [4.78, 5) is 26.7. The van der Waals surface area contributed by atoms with E-state index in [-0.39, 0.29) is 32.6 Å². The van der Waals surface area contributed by atoms with Crippen molar-refractivity contribution in [2.24, 2.45) is 5.92 Å². The fraction of sp³-hybridized carbons (Fsp3) is 0.818. The quantitative estimate of drug-likeness (QED) is 0.675. The molecule has 1 aliphatic rings. The largest absolute Gasteiger partial charge is 0.492 e. The van der Waals surface area contributed by atoms with Crippen molar-refractivity contribution < 1.29 is 36.0 Å². The Balaban J connectivity index is 2.38. The van der Waals surface area contributed by atoms with Crippen LogP contribution in [0.3, 0.4) is 0 Å². The van der Waals surface area contributed by atoms with E-state index in [1.807, 2.05) is 0 Å². The summed E-state index contributed by atoms with van der Waals surface area (Å²) in [5.74, 6) is -3.18. The molecule has 0 aromatic heterocycles. The van der Waals surface area contributed by atoms with Crippen LogP contribution in [0.25, 0.3) is 0 Å². The molecule has 1 fully saturated rings. The zero-order chi connectivity index (χ0) is 17.8. The van der Waals surface area contributed by atoms with Crippen LogP contribution in [0.5, 0.6) is 0 Å². The minimum absolute atomic E-state index is 0.0121. The molecule has 134 valence electrons. The second-order valence-electron chi connectivity index (χ2n) is 5.14. The van der Waals surface area contributed by atoms with Gasteiger partial charge in [-0.2, -0.15) is 17.5 Å². The minimum Gasteiger partial charge on any atom is -0.361 e. The third-order valence-electron chi connectivity index (χ3n) is 3.31. The molecule has 0 aliphatic carbocycles. The average Bonchev–Trinajstić information content (AvgIpc) is 2.43. The normalized spacial score (nSPS) is 18.0. The molecule has 12 heteroatoms. The van der Waals surface area contributed by atoms with Crippen LogP contribution in [0.1, 0.15) is 12.8 Å². The first-order chi connectivity index (χ1) is 10.4. The summed E-state index contributed by atoms with van der Waals surface area (Å²) in [6.45, 7) is -0.218. The molecule has 0 aromatic carbocycles. The summed E-state index contributed by atoms with van der Waals surface area (Å²) in [6, 6.07) is 0. The van der Waals surface area contributed by atoms with E-state index in [1.54, 1.807) is 0 Å². The van der Waals surface area contributed by atoms with Gasteiger partial charge in [0.1, 0.15) is 0 Å². The zero-order valence-corrected chi connectivity index (χ0v) is 13.4. The van der Waals surface area contributed by atoms with Gasteiger partial charge in [-0.1, -0.05) is 0 Å². The van der Waals surface area contributed by atoms with E-state index in [0.717, 1.165) is 15.6 Å². The summed E-state index contributed by atoms with van der Waals surface area (Å²) < 4.78 is 59.5. The van der Waals surface area contributed by atoms with Crippen LogP contribution >= 0.6 is 0 Å². The topological polar surface area (TPSA) is 96.0 Å². The van der Waals surface area contributed by atoms with Crippen molar-refractivity contribution in [2.45, 2.75) is 19.0 Å². The molecule has 23 heavy (non-hydrogen) atoms. The van der Waals surface area contributed by atoms with Crippen LogP contribution in [-0.4, -0.2) is 68.9 Å². The van der Waals surface area contributed by atoms with Gasteiger partial charge in [-0.25, -0.2) is 13.2 Å². The molecule has 1 saturated heterocycles. The zero-order valence-electron chi connectivity index (χ0n) is 12.6. The molecule has 1 heterocycles. The van der Waals surface area contributed by atoms with E-state index in [0.29, 0.717) is 0 Å². The standard InChI is InChI=1S/C11H18F3N3O5S/c1-16(23(2,20)21)7-15-9(18)8-3-5-17(6-4-8)22-10(19)11(12,13)14/h8H,3-7H2,1-2H3,(H,15,18). The molecule has 1 rings (SSSR count). The SMILES string of the molecule is CN(CNC(=O)C1CCN(OC(=O)C(F)(F)F)CC1)S(C)(=O)=O. The third-order valence-corrected chi connectivity index (χ3v) is 4.57. The summed E-state index contributed by atoms with van der Waals surface area (Å²) in [5.41, 5.74) is 0. The Morgan fingerprint density at radius 1 is 1.30 bits per heavy atom. The Morgan fingerprint density at radius 2 is 1.83 bits per heavy atom. The summed E-state index contributed by atoms with van der Waals surface area (Å²) in [7, 11) is -2.12. The number of halogens is 3. The van der Waals surface area contributed by atoms with Gasteiger partial charge in [-0.3, -0.25) is 4.79 Å². The number of piperidine rings is 1.